The summed E-state index contributed by atoms with van der Waals surface area (Å²) >= 11 is 2.95. The van der Waals surface area contributed by atoms with Gasteiger partial charge in [0, 0.05) is 16.1 Å². The van der Waals surface area contributed by atoms with E-state index in [1.165, 1.54) is 0 Å². The van der Waals surface area contributed by atoms with E-state index in [-0.39, 0.29) is 5.56 Å². The van der Waals surface area contributed by atoms with Crippen molar-refractivity contribution in [3.8, 4) is 6.07 Å². The number of halogens is 3. The molecule has 0 heterocycles. The Kier molecular flexibility index (Phi) is 3.15. The van der Waals surface area contributed by atoms with Crippen molar-refractivity contribution in [3.05, 3.63) is 39.9 Å². The second kappa shape index (κ2) is 4.15. The van der Waals surface area contributed by atoms with Crippen molar-refractivity contribution >= 4 is 22.0 Å². The molecule has 66 valence electrons. The third-order valence-electron chi connectivity index (χ3n) is 1.37. The van der Waals surface area contributed by atoms with Gasteiger partial charge in [0.25, 0.3) is 0 Å². The van der Waals surface area contributed by atoms with Gasteiger partial charge in [0.05, 0.1) is 6.07 Å². The van der Waals surface area contributed by atoms with E-state index < -0.39 is 11.6 Å². The fourth-order valence-corrected chi connectivity index (χ4v) is 1.24. The first kappa shape index (κ1) is 9.87. The molecule has 0 N–H and O–H groups in total. The van der Waals surface area contributed by atoms with Gasteiger partial charge in [0.15, 0.2) is 0 Å². The summed E-state index contributed by atoms with van der Waals surface area (Å²) in [6, 6.07) is 3.94. The second-order valence-electron chi connectivity index (χ2n) is 2.25. The molecule has 0 spiro atoms. The van der Waals surface area contributed by atoms with Gasteiger partial charge in [0.1, 0.15) is 11.6 Å². The van der Waals surface area contributed by atoms with E-state index in [2.05, 4.69) is 15.9 Å². The van der Waals surface area contributed by atoms with Crippen molar-refractivity contribution in [3.63, 3.8) is 0 Å². The highest BCUT2D eigenvalue weighted by atomic mass is 79.9. The minimum atomic E-state index is -0.696. The van der Waals surface area contributed by atoms with Crippen LogP contribution >= 0.6 is 15.9 Å². The Balaban J connectivity index is 3.22. The van der Waals surface area contributed by atoms with Gasteiger partial charge in [0.2, 0.25) is 0 Å². The maximum atomic E-state index is 13.0. The smallest absolute Gasteiger partial charge is 0.134 e. The first-order chi connectivity index (χ1) is 6.15. The van der Waals surface area contributed by atoms with Crippen molar-refractivity contribution in [2.45, 2.75) is 0 Å². The van der Waals surface area contributed by atoms with E-state index >= 15 is 0 Å². The van der Waals surface area contributed by atoms with E-state index in [4.69, 9.17) is 5.26 Å². The lowest BCUT2D eigenvalue weighted by Crippen LogP contribution is -1.88. The summed E-state index contributed by atoms with van der Waals surface area (Å²) in [4.78, 5) is 0. The fourth-order valence-electron chi connectivity index (χ4n) is 0.833. The van der Waals surface area contributed by atoms with Crippen LogP contribution in [0.25, 0.3) is 6.08 Å². The van der Waals surface area contributed by atoms with Crippen LogP contribution in [0.1, 0.15) is 5.56 Å². The molecule has 0 atom stereocenters. The second-order valence-corrected chi connectivity index (χ2v) is 3.16. The Hall–Kier alpha value is -1.21. The van der Waals surface area contributed by atoms with Crippen molar-refractivity contribution in [1.29, 1.82) is 5.26 Å². The minimum absolute atomic E-state index is 0.204. The van der Waals surface area contributed by atoms with Crippen molar-refractivity contribution in [2.75, 3.05) is 0 Å². The number of nitriles is 1. The van der Waals surface area contributed by atoms with Gasteiger partial charge in [-0.2, -0.15) is 5.26 Å². The molecule has 1 aromatic rings. The molecule has 0 unspecified atom stereocenters. The summed E-state index contributed by atoms with van der Waals surface area (Å²) in [7, 11) is 0. The molecular weight excluding hydrogens is 240 g/mol. The number of rotatable bonds is 1. The summed E-state index contributed by atoms with van der Waals surface area (Å²) in [6.45, 7) is 0. The van der Waals surface area contributed by atoms with E-state index in [1.54, 1.807) is 6.07 Å². The molecule has 0 aliphatic carbocycles. The average Bonchev–Trinajstić information content (AvgIpc) is 2.02. The molecule has 1 nitrogen and oxygen atoms in total. The van der Waals surface area contributed by atoms with Gasteiger partial charge >= 0.3 is 0 Å². The van der Waals surface area contributed by atoms with Crippen molar-refractivity contribution in [2.24, 2.45) is 0 Å². The summed E-state index contributed by atoms with van der Waals surface area (Å²) in [6.07, 6.45) is 2.12. The standard InChI is InChI=1S/C9H4BrF2N/c10-6-4-8(11)7(2-1-3-13)9(12)5-6/h1-2,4-5H. The molecule has 0 fully saturated rings. The molecule has 4 heteroatoms. The van der Waals surface area contributed by atoms with Crippen LogP contribution in [0.3, 0.4) is 0 Å². The quantitative estimate of drug-likeness (QED) is 0.695. The molecule has 0 aliphatic heterocycles. The molecule has 0 saturated heterocycles. The first-order valence-electron chi connectivity index (χ1n) is 3.36. The lowest BCUT2D eigenvalue weighted by Gasteiger charge is -1.99. The van der Waals surface area contributed by atoms with E-state index in [1.807, 2.05) is 0 Å². The van der Waals surface area contributed by atoms with Crippen LogP contribution < -0.4 is 0 Å². The molecule has 0 aromatic heterocycles. The van der Waals surface area contributed by atoms with Gasteiger partial charge in [-0.25, -0.2) is 8.78 Å². The first-order valence-corrected chi connectivity index (χ1v) is 4.15. The normalized spacial score (nSPS) is 10.3. The Labute approximate surface area is 82.4 Å². The summed E-state index contributed by atoms with van der Waals surface area (Å²) in [5, 5.41) is 8.17. The highest BCUT2D eigenvalue weighted by Crippen LogP contribution is 2.20. The van der Waals surface area contributed by atoms with Crippen LogP contribution in [-0.4, -0.2) is 0 Å². The zero-order chi connectivity index (χ0) is 9.84. The van der Waals surface area contributed by atoms with E-state index in [0.29, 0.717) is 4.47 Å². The predicted molar refractivity (Wildman–Crippen MR) is 48.7 cm³/mol. The number of hydrogen-bond donors (Lipinski definition) is 0. The van der Waals surface area contributed by atoms with Crippen molar-refractivity contribution in [1.82, 2.24) is 0 Å². The number of allylic oxidation sites excluding steroid dienone is 1. The minimum Gasteiger partial charge on any atom is -0.206 e. The average molecular weight is 244 g/mol. The Morgan fingerprint density at radius 1 is 1.31 bits per heavy atom. The van der Waals surface area contributed by atoms with Gasteiger partial charge in [-0.1, -0.05) is 15.9 Å². The molecule has 0 amide bonds. The lowest BCUT2D eigenvalue weighted by atomic mass is 10.2. The van der Waals surface area contributed by atoms with Crippen molar-refractivity contribution < 1.29 is 8.78 Å². The van der Waals surface area contributed by atoms with Crippen LogP contribution in [-0.2, 0) is 0 Å². The maximum absolute atomic E-state index is 13.0. The van der Waals surface area contributed by atoms with Crippen LogP contribution in [0.5, 0.6) is 0 Å². The van der Waals surface area contributed by atoms with Gasteiger partial charge in [-0.05, 0) is 18.2 Å². The van der Waals surface area contributed by atoms with E-state index in [9.17, 15) is 8.78 Å². The number of benzene rings is 1. The van der Waals surface area contributed by atoms with Gasteiger partial charge < -0.3 is 0 Å². The maximum Gasteiger partial charge on any atom is 0.134 e. The van der Waals surface area contributed by atoms with Gasteiger partial charge in [-0.15, -0.1) is 0 Å². The molecule has 0 radical (unpaired) electrons. The van der Waals surface area contributed by atoms with Gasteiger partial charge in [-0.3, -0.25) is 0 Å². The molecule has 0 bridgehead atoms. The highest BCUT2D eigenvalue weighted by Gasteiger charge is 2.06. The Morgan fingerprint density at radius 2 is 1.85 bits per heavy atom. The molecule has 0 aliphatic rings. The Bertz CT molecular complexity index is 370. The van der Waals surface area contributed by atoms with E-state index in [0.717, 1.165) is 24.3 Å². The van der Waals surface area contributed by atoms with Crippen LogP contribution in [0.4, 0.5) is 8.78 Å². The predicted octanol–water partition coefficient (Wildman–Crippen LogP) is 3.26. The summed E-state index contributed by atoms with van der Waals surface area (Å²) in [5.41, 5.74) is -0.204. The summed E-state index contributed by atoms with van der Waals surface area (Å²) in [5.74, 6) is -1.39. The molecule has 13 heavy (non-hydrogen) atoms. The molecular formula is C9H4BrF2N. The molecule has 1 rings (SSSR count). The van der Waals surface area contributed by atoms with Crippen LogP contribution in [0.15, 0.2) is 22.7 Å². The third kappa shape index (κ3) is 2.36. The highest BCUT2D eigenvalue weighted by molar-refractivity contribution is 9.10. The topological polar surface area (TPSA) is 23.8 Å². The van der Waals surface area contributed by atoms with Crippen LogP contribution in [0.2, 0.25) is 0 Å². The molecule has 0 saturated carbocycles. The number of hydrogen-bond acceptors (Lipinski definition) is 1. The summed E-state index contributed by atoms with van der Waals surface area (Å²) < 4.78 is 26.3. The monoisotopic (exact) mass is 243 g/mol. The number of nitrogens with zero attached hydrogens (tertiary/aromatic N) is 1. The SMILES string of the molecule is N#CC=Cc1c(F)cc(Br)cc1F. The Morgan fingerprint density at radius 3 is 2.31 bits per heavy atom. The largest absolute Gasteiger partial charge is 0.206 e. The fraction of sp³-hybridized carbons (Fsp3) is 0. The third-order valence-corrected chi connectivity index (χ3v) is 1.83. The van der Waals surface area contributed by atoms with Crippen LogP contribution in [0, 0.1) is 23.0 Å². The zero-order valence-corrected chi connectivity index (χ0v) is 7.98. The molecule has 1 aromatic carbocycles. The lowest BCUT2D eigenvalue weighted by molar-refractivity contribution is 0.577. The zero-order valence-electron chi connectivity index (χ0n) is 6.39.